The SMILES string of the molecule is NC(CCCc1ccccc1)Cc1ccc(Cl)s1. The second-order valence-corrected chi connectivity index (χ2v) is 6.35. The Morgan fingerprint density at radius 2 is 1.89 bits per heavy atom. The van der Waals surface area contributed by atoms with Crippen molar-refractivity contribution in [2.24, 2.45) is 5.73 Å². The number of thiophene rings is 1. The molecular weight excluding hydrogens is 262 g/mol. The van der Waals surface area contributed by atoms with Crippen LogP contribution in [0.5, 0.6) is 0 Å². The van der Waals surface area contributed by atoms with Gasteiger partial charge in [-0.05, 0) is 43.4 Å². The lowest BCUT2D eigenvalue weighted by Crippen LogP contribution is -2.22. The van der Waals surface area contributed by atoms with Crippen LogP contribution in [0.15, 0.2) is 42.5 Å². The lowest BCUT2D eigenvalue weighted by Gasteiger charge is -2.10. The minimum Gasteiger partial charge on any atom is -0.327 e. The zero-order valence-electron chi connectivity index (χ0n) is 10.3. The Labute approximate surface area is 118 Å². The van der Waals surface area contributed by atoms with Crippen LogP contribution in [0.2, 0.25) is 4.34 Å². The predicted octanol–water partition coefficient (Wildman–Crippen LogP) is 4.29. The molecule has 3 heteroatoms. The van der Waals surface area contributed by atoms with Crippen LogP contribution in [0, 0.1) is 0 Å². The van der Waals surface area contributed by atoms with Gasteiger partial charge in [-0.1, -0.05) is 41.9 Å². The first kappa shape index (κ1) is 13.6. The van der Waals surface area contributed by atoms with Crippen molar-refractivity contribution in [1.29, 1.82) is 0 Å². The summed E-state index contributed by atoms with van der Waals surface area (Å²) in [7, 11) is 0. The van der Waals surface area contributed by atoms with Crippen molar-refractivity contribution in [3.05, 3.63) is 57.2 Å². The van der Waals surface area contributed by atoms with Crippen molar-refractivity contribution in [2.75, 3.05) is 0 Å². The number of hydrogen-bond acceptors (Lipinski definition) is 2. The normalized spacial score (nSPS) is 12.6. The van der Waals surface area contributed by atoms with Gasteiger partial charge in [-0.15, -0.1) is 11.3 Å². The van der Waals surface area contributed by atoms with Gasteiger partial charge in [0.2, 0.25) is 0 Å². The molecule has 0 spiro atoms. The maximum atomic E-state index is 6.14. The molecule has 0 saturated heterocycles. The van der Waals surface area contributed by atoms with Crippen LogP contribution in [0.25, 0.3) is 0 Å². The van der Waals surface area contributed by atoms with Crippen molar-refractivity contribution >= 4 is 22.9 Å². The molecule has 1 aromatic carbocycles. The molecule has 1 aromatic heterocycles. The summed E-state index contributed by atoms with van der Waals surface area (Å²) in [6, 6.07) is 14.8. The molecular formula is C15H18ClNS. The first-order chi connectivity index (χ1) is 8.74. The molecule has 1 nitrogen and oxygen atoms in total. The molecule has 0 radical (unpaired) electrons. The van der Waals surface area contributed by atoms with Gasteiger partial charge in [0.15, 0.2) is 0 Å². The second kappa shape index (κ2) is 6.93. The third kappa shape index (κ3) is 4.45. The highest BCUT2D eigenvalue weighted by atomic mass is 35.5. The van der Waals surface area contributed by atoms with E-state index in [1.165, 1.54) is 10.4 Å². The third-order valence-corrected chi connectivity index (χ3v) is 4.23. The molecule has 1 heterocycles. The Hall–Kier alpha value is -0.830. The van der Waals surface area contributed by atoms with E-state index in [2.05, 4.69) is 36.4 Å². The van der Waals surface area contributed by atoms with E-state index in [0.717, 1.165) is 30.0 Å². The zero-order valence-corrected chi connectivity index (χ0v) is 11.9. The van der Waals surface area contributed by atoms with Gasteiger partial charge >= 0.3 is 0 Å². The fourth-order valence-corrected chi connectivity index (χ4v) is 3.22. The largest absolute Gasteiger partial charge is 0.327 e. The molecule has 18 heavy (non-hydrogen) atoms. The lowest BCUT2D eigenvalue weighted by molar-refractivity contribution is 0.583. The molecule has 1 unspecified atom stereocenters. The summed E-state index contributed by atoms with van der Waals surface area (Å²) < 4.78 is 0.849. The Balaban J connectivity index is 1.70. The van der Waals surface area contributed by atoms with Crippen LogP contribution in [-0.2, 0) is 12.8 Å². The van der Waals surface area contributed by atoms with E-state index < -0.39 is 0 Å². The van der Waals surface area contributed by atoms with Crippen molar-refractivity contribution in [1.82, 2.24) is 0 Å². The van der Waals surface area contributed by atoms with E-state index in [1.807, 2.05) is 6.07 Å². The summed E-state index contributed by atoms with van der Waals surface area (Å²) in [6.07, 6.45) is 4.25. The van der Waals surface area contributed by atoms with E-state index in [9.17, 15) is 0 Å². The fourth-order valence-electron chi connectivity index (χ4n) is 2.03. The Morgan fingerprint density at radius 1 is 1.11 bits per heavy atom. The quantitative estimate of drug-likeness (QED) is 0.838. The molecule has 0 aliphatic heterocycles. The second-order valence-electron chi connectivity index (χ2n) is 4.55. The molecule has 2 N–H and O–H groups in total. The van der Waals surface area contributed by atoms with Crippen LogP contribution >= 0.6 is 22.9 Å². The minimum absolute atomic E-state index is 0.239. The van der Waals surface area contributed by atoms with Crippen molar-refractivity contribution in [3.63, 3.8) is 0 Å². The topological polar surface area (TPSA) is 26.0 Å². The highest BCUT2D eigenvalue weighted by Gasteiger charge is 2.06. The van der Waals surface area contributed by atoms with Gasteiger partial charge in [0.05, 0.1) is 4.34 Å². The van der Waals surface area contributed by atoms with Gasteiger partial charge in [-0.3, -0.25) is 0 Å². The number of halogens is 1. The van der Waals surface area contributed by atoms with Gasteiger partial charge in [0.1, 0.15) is 0 Å². The van der Waals surface area contributed by atoms with E-state index in [-0.39, 0.29) is 6.04 Å². The summed E-state index contributed by atoms with van der Waals surface area (Å²) in [5.74, 6) is 0. The van der Waals surface area contributed by atoms with Crippen molar-refractivity contribution < 1.29 is 0 Å². The highest BCUT2D eigenvalue weighted by molar-refractivity contribution is 7.16. The van der Waals surface area contributed by atoms with Gasteiger partial charge < -0.3 is 5.73 Å². The lowest BCUT2D eigenvalue weighted by atomic mass is 10.0. The third-order valence-electron chi connectivity index (χ3n) is 2.98. The maximum absolute atomic E-state index is 6.14. The monoisotopic (exact) mass is 279 g/mol. The van der Waals surface area contributed by atoms with Crippen molar-refractivity contribution in [3.8, 4) is 0 Å². The van der Waals surface area contributed by atoms with E-state index in [4.69, 9.17) is 17.3 Å². The number of nitrogens with two attached hydrogens (primary N) is 1. The molecule has 2 rings (SSSR count). The molecule has 1 atom stereocenters. The Kier molecular flexibility index (Phi) is 5.24. The maximum Gasteiger partial charge on any atom is 0.0931 e. The highest BCUT2D eigenvalue weighted by Crippen LogP contribution is 2.23. The Bertz CT molecular complexity index is 466. The smallest absolute Gasteiger partial charge is 0.0931 e. The van der Waals surface area contributed by atoms with Crippen LogP contribution in [-0.4, -0.2) is 6.04 Å². The van der Waals surface area contributed by atoms with Crippen LogP contribution in [0.4, 0.5) is 0 Å². The van der Waals surface area contributed by atoms with Gasteiger partial charge in [0, 0.05) is 10.9 Å². The van der Waals surface area contributed by atoms with Crippen molar-refractivity contribution in [2.45, 2.75) is 31.7 Å². The minimum atomic E-state index is 0.239. The van der Waals surface area contributed by atoms with Gasteiger partial charge in [-0.2, -0.15) is 0 Å². The van der Waals surface area contributed by atoms with Crippen LogP contribution < -0.4 is 5.73 Å². The molecule has 0 saturated carbocycles. The number of hydrogen-bond donors (Lipinski definition) is 1. The standard InChI is InChI=1S/C15H18ClNS/c16-15-10-9-14(18-15)11-13(17)8-4-7-12-5-2-1-3-6-12/h1-3,5-6,9-10,13H,4,7-8,11,17H2. The summed E-state index contributed by atoms with van der Waals surface area (Å²) in [5, 5.41) is 0. The number of aryl methyl sites for hydroxylation is 1. The van der Waals surface area contributed by atoms with E-state index in [1.54, 1.807) is 11.3 Å². The van der Waals surface area contributed by atoms with Crippen LogP contribution in [0.3, 0.4) is 0 Å². The zero-order chi connectivity index (χ0) is 12.8. The summed E-state index contributed by atoms with van der Waals surface area (Å²) in [6.45, 7) is 0. The van der Waals surface area contributed by atoms with Gasteiger partial charge in [-0.25, -0.2) is 0 Å². The molecule has 0 bridgehead atoms. The average molecular weight is 280 g/mol. The first-order valence-electron chi connectivity index (χ1n) is 6.28. The van der Waals surface area contributed by atoms with Crippen LogP contribution in [0.1, 0.15) is 23.3 Å². The molecule has 0 aliphatic carbocycles. The summed E-state index contributed by atoms with van der Waals surface area (Å²) in [4.78, 5) is 1.28. The predicted molar refractivity (Wildman–Crippen MR) is 80.4 cm³/mol. The average Bonchev–Trinajstić information content (AvgIpc) is 2.76. The summed E-state index contributed by atoms with van der Waals surface area (Å²) in [5.41, 5.74) is 7.54. The van der Waals surface area contributed by atoms with E-state index >= 15 is 0 Å². The first-order valence-corrected chi connectivity index (χ1v) is 7.47. The number of rotatable bonds is 6. The fraction of sp³-hybridized carbons (Fsp3) is 0.333. The number of benzene rings is 1. The molecule has 0 aliphatic rings. The van der Waals surface area contributed by atoms with Gasteiger partial charge in [0.25, 0.3) is 0 Å². The van der Waals surface area contributed by atoms with E-state index in [0.29, 0.717) is 0 Å². The molecule has 2 aromatic rings. The molecule has 0 fully saturated rings. The molecule has 96 valence electrons. The Morgan fingerprint density at radius 3 is 2.56 bits per heavy atom. The molecule has 0 amide bonds. The summed E-state index contributed by atoms with van der Waals surface area (Å²) >= 11 is 7.54.